The molecule has 2 aromatic carbocycles. The second-order valence-corrected chi connectivity index (χ2v) is 4.18. The quantitative estimate of drug-likeness (QED) is 0.671. The maximum absolute atomic E-state index is 12.8. The number of halogens is 1. The summed E-state index contributed by atoms with van der Waals surface area (Å²) in [6, 6.07) is 15.2. The molecule has 1 unspecified atom stereocenters. The average Bonchev–Trinajstić information content (AvgIpc) is 2.42. The van der Waals surface area contributed by atoms with Crippen molar-refractivity contribution < 1.29 is 4.39 Å². The molecule has 18 heavy (non-hydrogen) atoms. The van der Waals surface area contributed by atoms with E-state index in [0.29, 0.717) is 5.92 Å². The van der Waals surface area contributed by atoms with Crippen molar-refractivity contribution in [3.63, 3.8) is 0 Å². The van der Waals surface area contributed by atoms with Crippen molar-refractivity contribution in [3.05, 3.63) is 71.0 Å². The van der Waals surface area contributed by atoms with Gasteiger partial charge in [0.25, 0.3) is 0 Å². The number of rotatable bonds is 2. The molecule has 0 saturated carbocycles. The van der Waals surface area contributed by atoms with Gasteiger partial charge in [0.15, 0.2) is 0 Å². The van der Waals surface area contributed by atoms with E-state index in [1.165, 1.54) is 23.3 Å². The molecule has 1 heteroatoms. The normalized spacial score (nSPS) is 11.4. The zero-order valence-electron chi connectivity index (χ0n) is 11.6. The van der Waals surface area contributed by atoms with Gasteiger partial charge in [0.05, 0.1) is 0 Å². The summed E-state index contributed by atoms with van der Waals surface area (Å²) < 4.78 is 12.8. The fraction of sp³-hybridized carbons (Fsp3) is 0.294. The summed E-state index contributed by atoms with van der Waals surface area (Å²) in [5, 5.41) is 0. The monoisotopic (exact) mass is 244 g/mol. The first kappa shape index (κ1) is 14.4. The molecule has 0 saturated heterocycles. The van der Waals surface area contributed by atoms with Crippen LogP contribution in [0.25, 0.3) is 0 Å². The van der Waals surface area contributed by atoms with E-state index in [0.717, 1.165) is 5.56 Å². The van der Waals surface area contributed by atoms with Gasteiger partial charge in [0, 0.05) is 5.92 Å². The molecule has 0 N–H and O–H groups in total. The van der Waals surface area contributed by atoms with Crippen molar-refractivity contribution in [1.29, 1.82) is 0 Å². The third-order valence-electron chi connectivity index (χ3n) is 2.95. The van der Waals surface area contributed by atoms with Crippen LogP contribution in [0.3, 0.4) is 0 Å². The van der Waals surface area contributed by atoms with Crippen LogP contribution in [0.15, 0.2) is 48.5 Å². The van der Waals surface area contributed by atoms with Crippen LogP contribution in [-0.2, 0) is 0 Å². The molecule has 0 aliphatic carbocycles. The van der Waals surface area contributed by atoms with Gasteiger partial charge in [0.2, 0.25) is 0 Å². The SMILES string of the molecule is CC.Cc1ccc(C(C)c2ccc(F)cc2)cc1. The maximum atomic E-state index is 12.8. The van der Waals surface area contributed by atoms with E-state index in [9.17, 15) is 4.39 Å². The van der Waals surface area contributed by atoms with Crippen LogP contribution >= 0.6 is 0 Å². The Bertz CT molecular complexity index is 408. The summed E-state index contributed by atoms with van der Waals surface area (Å²) in [6.07, 6.45) is 0. The molecule has 0 spiro atoms. The van der Waals surface area contributed by atoms with E-state index >= 15 is 0 Å². The largest absolute Gasteiger partial charge is 0.207 e. The summed E-state index contributed by atoms with van der Waals surface area (Å²) in [5.41, 5.74) is 3.66. The molecule has 1 atom stereocenters. The van der Waals surface area contributed by atoms with Crippen molar-refractivity contribution in [2.75, 3.05) is 0 Å². The fourth-order valence-electron chi connectivity index (χ4n) is 1.80. The van der Waals surface area contributed by atoms with Gasteiger partial charge >= 0.3 is 0 Å². The van der Waals surface area contributed by atoms with Crippen LogP contribution in [0, 0.1) is 12.7 Å². The average molecular weight is 244 g/mol. The van der Waals surface area contributed by atoms with Crippen LogP contribution in [-0.4, -0.2) is 0 Å². The minimum absolute atomic E-state index is 0.181. The Hall–Kier alpha value is -1.63. The smallest absolute Gasteiger partial charge is 0.123 e. The highest BCUT2D eigenvalue weighted by molar-refractivity contribution is 5.33. The van der Waals surface area contributed by atoms with Crippen molar-refractivity contribution in [3.8, 4) is 0 Å². The molecule has 0 aliphatic heterocycles. The maximum Gasteiger partial charge on any atom is 0.123 e. The molecule has 2 aromatic rings. The van der Waals surface area contributed by atoms with Gasteiger partial charge < -0.3 is 0 Å². The lowest BCUT2D eigenvalue weighted by Crippen LogP contribution is -1.95. The number of hydrogen-bond acceptors (Lipinski definition) is 0. The predicted octanol–water partition coefficient (Wildman–Crippen LogP) is 5.31. The van der Waals surface area contributed by atoms with Crippen molar-refractivity contribution >= 4 is 0 Å². The number of aryl methyl sites for hydroxylation is 1. The Kier molecular flexibility index (Phi) is 5.57. The predicted molar refractivity (Wildman–Crippen MR) is 76.4 cm³/mol. The van der Waals surface area contributed by atoms with Crippen LogP contribution in [0.1, 0.15) is 43.4 Å². The second kappa shape index (κ2) is 6.95. The highest BCUT2D eigenvalue weighted by Gasteiger charge is 2.07. The molecule has 0 fully saturated rings. The standard InChI is InChI=1S/C15H15F.C2H6/c1-11-3-5-13(6-4-11)12(2)14-7-9-15(16)10-8-14;1-2/h3-10,12H,1-2H3;1-2H3. The van der Waals surface area contributed by atoms with Gasteiger partial charge in [-0.2, -0.15) is 0 Å². The summed E-state index contributed by atoms with van der Waals surface area (Å²) >= 11 is 0. The van der Waals surface area contributed by atoms with E-state index < -0.39 is 0 Å². The summed E-state index contributed by atoms with van der Waals surface area (Å²) in [7, 11) is 0. The molecule has 0 heterocycles. The van der Waals surface area contributed by atoms with Gasteiger partial charge in [-0.3, -0.25) is 0 Å². The first-order chi connectivity index (χ1) is 8.66. The van der Waals surface area contributed by atoms with E-state index in [2.05, 4.69) is 38.1 Å². The van der Waals surface area contributed by atoms with Crippen molar-refractivity contribution in [2.24, 2.45) is 0 Å². The Balaban J connectivity index is 0.000000771. The number of hydrogen-bond donors (Lipinski definition) is 0. The second-order valence-electron chi connectivity index (χ2n) is 4.18. The van der Waals surface area contributed by atoms with Gasteiger partial charge in [-0.05, 0) is 30.2 Å². The molecule has 96 valence electrons. The van der Waals surface area contributed by atoms with E-state index in [1.54, 1.807) is 0 Å². The van der Waals surface area contributed by atoms with Crippen LogP contribution in [0.2, 0.25) is 0 Å². The minimum Gasteiger partial charge on any atom is -0.207 e. The van der Waals surface area contributed by atoms with Crippen molar-refractivity contribution in [1.82, 2.24) is 0 Å². The highest BCUT2D eigenvalue weighted by atomic mass is 19.1. The van der Waals surface area contributed by atoms with Gasteiger partial charge in [-0.1, -0.05) is 62.7 Å². The summed E-state index contributed by atoms with van der Waals surface area (Å²) in [5.74, 6) is 0.126. The third-order valence-corrected chi connectivity index (χ3v) is 2.95. The summed E-state index contributed by atoms with van der Waals surface area (Å²) in [4.78, 5) is 0. The van der Waals surface area contributed by atoms with Crippen LogP contribution in [0.4, 0.5) is 4.39 Å². The topological polar surface area (TPSA) is 0 Å². The first-order valence-corrected chi connectivity index (χ1v) is 6.49. The molecule has 0 bridgehead atoms. The lowest BCUT2D eigenvalue weighted by Gasteiger charge is -2.12. The first-order valence-electron chi connectivity index (χ1n) is 6.49. The zero-order valence-corrected chi connectivity index (χ0v) is 11.6. The minimum atomic E-state index is -0.181. The lowest BCUT2D eigenvalue weighted by atomic mass is 9.93. The molecular weight excluding hydrogens is 223 g/mol. The molecule has 0 aromatic heterocycles. The van der Waals surface area contributed by atoms with Crippen molar-refractivity contribution in [2.45, 2.75) is 33.6 Å². The van der Waals surface area contributed by atoms with Crippen LogP contribution < -0.4 is 0 Å². The molecule has 0 amide bonds. The number of benzene rings is 2. The molecule has 0 aliphatic rings. The zero-order chi connectivity index (χ0) is 13.5. The Morgan fingerprint density at radius 1 is 0.778 bits per heavy atom. The van der Waals surface area contributed by atoms with E-state index in [-0.39, 0.29) is 5.82 Å². The molecular formula is C17H21F. The third kappa shape index (κ3) is 3.69. The molecule has 0 radical (unpaired) electrons. The fourth-order valence-corrected chi connectivity index (χ4v) is 1.80. The van der Waals surface area contributed by atoms with E-state index in [1.807, 2.05) is 26.0 Å². The molecule has 0 nitrogen and oxygen atoms in total. The Labute approximate surface area is 109 Å². The Morgan fingerprint density at radius 3 is 1.61 bits per heavy atom. The lowest BCUT2D eigenvalue weighted by molar-refractivity contribution is 0.626. The molecule has 2 rings (SSSR count). The highest BCUT2D eigenvalue weighted by Crippen LogP contribution is 2.24. The van der Waals surface area contributed by atoms with E-state index in [4.69, 9.17) is 0 Å². The van der Waals surface area contributed by atoms with Gasteiger partial charge in [0.1, 0.15) is 5.82 Å². The van der Waals surface area contributed by atoms with Crippen LogP contribution in [0.5, 0.6) is 0 Å². The summed E-state index contributed by atoms with van der Waals surface area (Å²) in [6.45, 7) is 8.21. The van der Waals surface area contributed by atoms with Gasteiger partial charge in [-0.25, -0.2) is 4.39 Å². The Morgan fingerprint density at radius 2 is 1.17 bits per heavy atom. The van der Waals surface area contributed by atoms with Gasteiger partial charge in [-0.15, -0.1) is 0 Å².